The molecule has 1 amide bonds. The fraction of sp³-hybridized carbons (Fsp3) is 0.267. The molecular formula is C15H18N2O3S2. The topological polar surface area (TPSA) is 66.5 Å². The summed E-state index contributed by atoms with van der Waals surface area (Å²) in [7, 11) is -2.05. The molecule has 5 nitrogen and oxygen atoms in total. The third-order valence-electron chi connectivity index (χ3n) is 3.02. The summed E-state index contributed by atoms with van der Waals surface area (Å²) < 4.78 is 26.3. The van der Waals surface area contributed by atoms with E-state index in [1.165, 1.54) is 22.7 Å². The fourth-order valence-corrected chi connectivity index (χ4v) is 4.21. The fourth-order valence-electron chi connectivity index (χ4n) is 1.85. The SMILES string of the molecule is CC(C)NC(=O)c1ccc(N(C)S(=O)(=O)c2cccs2)cc1. The van der Waals surface area contributed by atoms with Crippen LogP contribution >= 0.6 is 11.3 Å². The first-order valence-electron chi connectivity index (χ1n) is 6.75. The smallest absolute Gasteiger partial charge is 0.273 e. The molecule has 1 heterocycles. The average Bonchev–Trinajstić information content (AvgIpc) is 3.01. The van der Waals surface area contributed by atoms with Crippen molar-refractivity contribution in [1.82, 2.24) is 5.32 Å². The van der Waals surface area contributed by atoms with Gasteiger partial charge in [-0.15, -0.1) is 11.3 Å². The lowest BCUT2D eigenvalue weighted by atomic mass is 10.2. The van der Waals surface area contributed by atoms with E-state index in [0.29, 0.717) is 11.3 Å². The van der Waals surface area contributed by atoms with E-state index in [-0.39, 0.29) is 16.2 Å². The highest BCUT2D eigenvalue weighted by Gasteiger charge is 2.22. The number of amides is 1. The summed E-state index contributed by atoms with van der Waals surface area (Å²) in [6.45, 7) is 3.77. The van der Waals surface area contributed by atoms with Crippen LogP contribution in [0.5, 0.6) is 0 Å². The van der Waals surface area contributed by atoms with E-state index in [9.17, 15) is 13.2 Å². The highest BCUT2D eigenvalue weighted by atomic mass is 32.2. The number of sulfonamides is 1. The predicted octanol–water partition coefficient (Wildman–Crippen LogP) is 2.71. The molecule has 7 heteroatoms. The van der Waals surface area contributed by atoms with Crippen molar-refractivity contribution in [3.63, 3.8) is 0 Å². The molecule has 0 saturated heterocycles. The van der Waals surface area contributed by atoms with Gasteiger partial charge in [-0.2, -0.15) is 0 Å². The molecule has 0 aliphatic carbocycles. The number of nitrogens with one attached hydrogen (secondary N) is 1. The van der Waals surface area contributed by atoms with Gasteiger partial charge in [0.1, 0.15) is 4.21 Å². The lowest BCUT2D eigenvalue weighted by molar-refractivity contribution is 0.0943. The number of thiophene rings is 1. The Hall–Kier alpha value is -1.86. The normalized spacial score (nSPS) is 11.5. The van der Waals surface area contributed by atoms with Gasteiger partial charge in [0, 0.05) is 18.7 Å². The monoisotopic (exact) mass is 338 g/mol. The highest BCUT2D eigenvalue weighted by Crippen LogP contribution is 2.25. The molecule has 1 aromatic carbocycles. The second kappa shape index (κ2) is 6.50. The molecule has 0 radical (unpaired) electrons. The van der Waals surface area contributed by atoms with Gasteiger partial charge in [-0.1, -0.05) is 6.07 Å². The third-order valence-corrected chi connectivity index (χ3v) is 6.18. The molecule has 0 unspecified atom stereocenters. The summed E-state index contributed by atoms with van der Waals surface area (Å²) >= 11 is 1.17. The van der Waals surface area contributed by atoms with Gasteiger partial charge >= 0.3 is 0 Å². The van der Waals surface area contributed by atoms with Gasteiger partial charge in [0.15, 0.2) is 0 Å². The second-order valence-corrected chi connectivity index (χ2v) is 8.22. The summed E-state index contributed by atoms with van der Waals surface area (Å²) in [6.07, 6.45) is 0. The van der Waals surface area contributed by atoms with Gasteiger partial charge in [-0.25, -0.2) is 8.42 Å². The van der Waals surface area contributed by atoms with Crippen LogP contribution in [0.3, 0.4) is 0 Å². The van der Waals surface area contributed by atoms with Gasteiger partial charge in [-0.3, -0.25) is 9.10 Å². The summed E-state index contributed by atoms with van der Waals surface area (Å²) in [5.41, 5.74) is 1.01. The number of carbonyl (C=O) groups is 1. The predicted molar refractivity (Wildman–Crippen MR) is 89.0 cm³/mol. The van der Waals surface area contributed by atoms with Gasteiger partial charge in [0.2, 0.25) is 0 Å². The molecule has 2 aromatic rings. The number of hydrogen-bond donors (Lipinski definition) is 1. The van der Waals surface area contributed by atoms with Crippen molar-refractivity contribution in [1.29, 1.82) is 0 Å². The van der Waals surface area contributed by atoms with Crippen molar-refractivity contribution in [2.24, 2.45) is 0 Å². The van der Waals surface area contributed by atoms with Crippen LogP contribution in [-0.4, -0.2) is 27.4 Å². The number of benzene rings is 1. The minimum Gasteiger partial charge on any atom is -0.350 e. The van der Waals surface area contributed by atoms with Crippen LogP contribution in [0.2, 0.25) is 0 Å². The Morgan fingerprint density at radius 1 is 1.18 bits per heavy atom. The van der Waals surface area contributed by atoms with Crippen molar-refractivity contribution in [2.45, 2.75) is 24.1 Å². The van der Waals surface area contributed by atoms with Crippen LogP contribution in [0.25, 0.3) is 0 Å². The van der Waals surface area contributed by atoms with Crippen molar-refractivity contribution in [3.8, 4) is 0 Å². The molecule has 22 heavy (non-hydrogen) atoms. The summed E-state index contributed by atoms with van der Waals surface area (Å²) in [5, 5.41) is 4.51. The molecular weight excluding hydrogens is 320 g/mol. The molecule has 0 aliphatic rings. The number of rotatable bonds is 5. The summed E-state index contributed by atoms with van der Waals surface area (Å²) in [4.78, 5) is 11.9. The quantitative estimate of drug-likeness (QED) is 0.911. The van der Waals surface area contributed by atoms with Gasteiger partial charge in [-0.05, 0) is 49.6 Å². The number of nitrogens with zero attached hydrogens (tertiary/aromatic N) is 1. The standard InChI is InChI=1S/C15H18N2O3S2/c1-11(2)16-15(18)12-6-8-13(9-7-12)17(3)22(19,20)14-5-4-10-21-14/h4-11H,1-3H3,(H,16,18). The van der Waals surface area contributed by atoms with Crippen molar-refractivity contribution in [3.05, 3.63) is 47.3 Å². The molecule has 0 bridgehead atoms. The lowest BCUT2D eigenvalue weighted by Gasteiger charge is -2.18. The van der Waals surface area contributed by atoms with E-state index in [0.717, 1.165) is 0 Å². The van der Waals surface area contributed by atoms with Crippen LogP contribution < -0.4 is 9.62 Å². The first-order chi connectivity index (χ1) is 10.3. The minimum atomic E-state index is -3.55. The molecule has 2 rings (SSSR count). The Morgan fingerprint density at radius 2 is 1.82 bits per heavy atom. The number of hydrogen-bond acceptors (Lipinski definition) is 4. The molecule has 1 aromatic heterocycles. The van der Waals surface area contributed by atoms with E-state index in [4.69, 9.17) is 0 Å². The minimum absolute atomic E-state index is 0.0501. The van der Waals surface area contributed by atoms with Crippen molar-refractivity contribution >= 4 is 33.0 Å². The van der Waals surface area contributed by atoms with Crippen molar-refractivity contribution in [2.75, 3.05) is 11.4 Å². The molecule has 0 fully saturated rings. The Balaban J connectivity index is 2.22. The molecule has 0 atom stereocenters. The van der Waals surface area contributed by atoms with E-state index in [1.54, 1.807) is 41.8 Å². The zero-order valence-electron chi connectivity index (χ0n) is 12.6. The maximum atomic E-state index is 12.4. The van der Waals surface area contributed by atoms with Crippen LogP contribution in [0.4, 0.5) is 5.69 Å². The number of carbonyl (C=O) groups excluding carboxylic acids is 1. The first kappa shape index (κ1) is 16.5. The van der Waals surface area contributed by atoms with E-state index >= 15 is 0 Å². The van der Waals surface area contributed by atoms with Crippen LogP contribution in [-0.2, 0) is 10.0 Å². The summed E-state index contributed by atoms with van der Waals surface area (Å²) in [6, 6.07) is 9.81. The van der Waals surface area contributed by atoms with Gasteiger partial charge in [0.25, 0.3) is 15.9 Å². The van der Waals surface area contributed by atoms with Gasteiger partial charge in [0.05, 0.1) is 5.69 Å². The zero-order chi connectivity index (χ0) is 16.3. The molecule has 0 aliphatic heterocycles. The zero-order valence-corrected chi connectivity index (χ0v) is 14.2. The van der Waals surface area contributed by atoms with E-state index < -0.39 is 10.0 Å². The molecule has 118 valence electrons. The van der Waals surface area contributed by atoms with Crippen molar-refractivity contribution < 1.29 is 13.2 Å². The summed E-state index contributed by atoms with van der Waals surface area (Å²) in [5.74, 6) is -0.176. The second-order valence-electron chi connectivity index (χ2n) is 5.08. The Morgan fingerprint density at radius 3 is 2.32 bits per heavy atom. The molecule has 0 saturated carbocycles. The molecule has 0 spiro atoms. The van der Waals surface area contributed by atoms with E-state index in [1.807, 2.05) is 13.8 Å². The van der Waals surface area contributed by atoms with E-state index in [2.05, 4.69) is 5.32 Å². The number of anilines is 1. The first-order valence-corrected chi connectivity index (χ1v) is 9.07. The Kier molecular flexibility index (Phi) is 4.87. The maximum Gasteiger partial charge on any atom is 0.273 e. The van der Waals surface area contributed by atoms with Crippen LogP contribution in [0.1, 0.15) is 24.2 Å². The molecule has 1 N–H and O–H groups in total. The average molecular weight is 338 g/mol. The lowest BCUT2D eigenvalue weighted by Crippen LogP contribution is -2.30. The third kappa shape index (κ3) is 3.48. The Labute approximate surface area is 134 Å². The Bertz CT molecular complexity index is 736. The van der Waals surface area contributed by atoms with Crippen LogP contribution in [0.15, 0.2) is 46.0 Å². The largest absolute Gasteiger partial charge is 0.350 e. The van der Waals surface area contributed by atoms with Crippen LogP contribution in [0, 0.1) is 0 Å². The maximum absolute atomic E-state index is 12.4. The highest BCUT2D eigenvalue weighted by molar-refractivity contribution is 7.94. The van der Waals surface area contributed by atoms with Gasteiger partial charge < -0.3 is 5.32 Å².